The smallest absolute Gasteiger partial charge is 0.274 e. The number of hydrogen-bond donors (Lipinski definition) is 1. The van der Waals surface area contributed by atoms with Gasteiger partial charge in [-0.1, -0.05) is 36.4 Å². The highest BCUT2D eigenvalue weighted by atomic mass is 16.2. The zero-order valence-corrected chi connectivity index (χ0v) is 16.6. The van der Waals surface area contributed by atoms with Crippen LogP contribution in [0.1, 0.15) is 43.1 Å². The van der Waals surface area contributed by atoms with Crippen LogP contribution in [0.5, 0.6) is 0 Å². The van der Waals surface area contributed by atoms with Crippen molar-refractivity contribution in [2.24, 2.45) is 0 Å². The average Bonchev–Trinajstić information content (AvgIpc) is 2.75. The molecule has 0 saturated heterocycles. The zero-order chi connectivity index (χ0) is 20.4. The summed E-state index contributed by atoms with van der Waals surface area (Å²) >= 11 is 0. The molecule has 2 aromatic carbocycles. The Hall–Kier alpha value is -3.47. The number of aromatic nitrogens is 1. The number of amides is 2. The second-order valence-corrected chi connectivity index (χ2v) is 7.45. The highest BCUT2D eigenvalue weighted by molar-refractivity contribution is 6.05. The van der Waals surface area contributed by atoms with E-state index in [-0.39, 0.29) is 17.5 Å². The maximum atomic E-state index is 13.0. The predicted octanol–water partition coefficient (Wildman–Crippen LogP) is 4.15. The number of anilines is 1. The molecular formula is C24H23N3O2. The third-order valence-corrected chi connectivity index (χ3v) is 5.30. The molecule has 5 nitrogen and oxygen atoms in total. The van der Waals surface area contributed by atoms with E-state index in [0.29, 0.717) is 18.7 Å². The molecule has 0 bridgehead atoms. The molecule has 1 aliphatic rings. The second-order valence-electron chi connectivity index (χ2n) is 7.45. The summed E-state index contributed by atoms with van der Waals surface area (Å²) in [4.78, 5) is 31.7. The van der Waals surface area contributed by atoms with Crippen LogP contribution in [0.4, 0.5) is 5.69 Å². The molecule has 0 spiro atoms. The number of rotatable bonds is 3. The highest BCUT2D eigenvalue weighted by Crippen LogP contribution is 2.21. The maximum absolute atomic E-state index is 13.0. The number of aryl methyl sites for hydroxylation is 2. The fraction of sp³-hybridized carbons (Fsp3) is 0.208. The summed E-state index contributed by atoms with van der Waals surface area (Å²) in [6.07, 6.45) is 2.36. The van der Waals surface area contributed by atoms with Gasteiger partial charge in [-0.25, -0.2) is 0 Å². The normalized spacial score (nSPS) is 13.0. The summed E-state index contributed by atoms with van der Waals surface area (Å²) in [5.74, 6) is -0.403. The van der Waals surface area contributed by atoms with E-state index in [1.807, 2.05) is 49.1 Å². The molecule has 0 fully saturated rings. The number of carbonyl (C=O) groups excluding carboxylic acids is 2. The lowest BCUT2D eigenvalue weighted by atomic mass is 9.99. The molecule has 0 unspecified atom stereocenters. The lowest BCUT2D eigenvalue weighted by Gasteiger charge is -2.29. The molecule has 5 heteroatoms. The molecule has 3 aromatic rings. The Kier molecular flexibility index (Phi) is 5.12. The van der Waals surface area contributed by atoms with E-state index < -0.39 is 0 Å². The molecule has 2 heterocycles. The highest BCUT2D eigenvalue weighted by Gasteiger charge is 2.22. The van der Waals surface area contributed by atoms with Crippen molar-refractivity contribution in [2.45, 2.75) is 26.8 Å². The second kappa shape index (κ2) is 7.87. The van der Waals surface area contributed by atoms with Gasteiger partial charge in [-0.15, -0.1) is 0 Å². The zero-order valence-electron chi connectivity index (χ0n) is 16.6. The Morgan fingerprint density at radius 1 is 1.00 bits per heavy atom. The van der Waals surface area contributed by atoms with E-state index in [1.54, 1.807) is 12.1 Å². The van der Waals surface area contributed by atoms with Gasteiger partial charge in [-0.3, -0.25) is 14.6 Å². The van der Waals surface area contributed by atoms with Crippen molar-refractivity contribution in [3.05, 3.63) is 94.3 Å². The van der Waals surface area contributed by atoms with Gasteiger partial charge < -0.3 is 10.2 Å². The monoisotopic (exact) mass is 385 g/mol. The van der Waals surface area contributed by atoms with Gasteiger partial charge in [0.1, 0.15) is 5.69 Å². The van der Waals surface area contributed by atoms with Crippen LogP contribution in [0.25, 0.3) is 0 Å². The molecule has 0 saturated carbocycles. The molecule has 1 aromatic heterocycles. The summed E-state index contributed by atoms with van der Waals surface area (Å²) in [7, 11) is 0. The standard InChI is InChI=1S/C24H23N3O2/c1-16-7-8-17(2)21(13-16)26-23(28)22-14-19(9-11-25-22)24(29)27-12-10-18-5-3-4-6-20(18)15-27/h3-9,11,13-14H,10,12,15H2,1-2H3,(H,26,28). The van der Waals surface area contributed by atoms with E-state index >= 15 is 0 Å². The first kappa shape index (κ1) is 18.9. The van der Waals surface area contributed by atoms with Crippen LogP contribution >= 0.6 is 0 Å². The quantitative estimate of drug-likeness (QED) is 0.737. The van der Waals surface area contributed by atoms with Crippen molar-refractivity contribution in [3.8, 4) is 0 Å². The maximum Gasteiger partial charge on any atom is 0.274 e. The average molecular weight is 385 g/mol. The number of nitrogens with one attached hydrogen (secondary N) is 1. The van der Waals surface area contributed by atoms with Crippen LogP contribution in [0, 0.1) is 13.8 Å². The van der Waals surface area contributed by atoms with Gasteiger partial charge in [0, 0.05) is 30.5 Å². The largest absolute Gasteiger partial charge is 0.334 e. The number of pyridine rings is 1. The molecule has 0 aliphatic carbocycles. The fourth-order valence-corrected chi connectivity index (χ4v) is 3.60. The predicted molar refractivity (Wildman–Crippen MR) is 113 cm³/mol. The number of carbonyl (C=O) groups is 2. The number of fused-ring (bicyclic) bond motifs is 1. The van der Waals surface area contributed by atoms with Crippen molar-refractivity contribution >= 4 is 17.5 Å². The lowest BCUT2D eigenvalue weighted by Crippen LogP contribution is -2.36. The Bertz CT molecular complexity index is 1090. The first-order valence-corrected chi connectivity index (χ1v) is 9.72. The van der Waals surface area contributed by atoms with E-state index in [2.05, 4.69) is 22.4 Å². The molecular weight excluding hydrogens is 362 g/mol. The third kappa shape index (κ3) is 4.04. The summed E-state index contributed by atoms with van der Waals surface area (Å²) < 4.78 is 0. The third-order valence-electron chi connectivity index (χ3n) is 5.30. The van der Waals surface area contributed by atoms with E-state index in [9.17, 15) is 9.59 Å². The van der Waals surface area contributed by atoms with Gasteiger partial charge in [0.05, 0.1) is 0 Å². The van der Waals surface area contributed by atoms with E-state index in [1.165, 1.54) is 17.3 Å². The Balaban J connectivity index is 1.52. The van der Waals surface area contributed by atoms with Crippen molar-refractivity contribution in [2.75, 3.05) is 11.9 Å². The Morgan fingerprint density at radius 2 is 1.79 bits per heavy atom. The van der Waals surface area contributed by atoms with Gasteiger partial charge in [-0.05, 0) is 60.7 Å². The summed E-state index contributed by atoms with van der Waals surface area (Å²) in [5.41, 5.74) is 5.96. The van der Waals surface area contributed by atoms with E-state index in [4.69, 9.17) is 0 Å². The first-order valence-electron chi connectivity index (χ1n) is 9.72. The summed E-state index contributed by atoms with van der Waals surface area (Å²) in [6.45, 7) is 5.17. The number of nitrogens with zero attached hydrogens (tertiary/aromatic N) is 2. The molecule has 146 valence electrons. The van der Waals surface area contributed by atoms with Gasteiger partial charge in [0.15, 0.2) is 0 Å². The van der Waals surface area contributed by atoms with Crippen LogP contribution in [0.2, 0.25) is 0 Å². The van der Waals surface area contributed by atoms with E-state index in [0.717, 1.165) is 23.2 Å². The Morgan fingerprint density at radius 3 is 2.62 bits per heavy atom. The fourth-order valence-electron chi connectivity index (χ4n) is 3.60. The summed E-state index contributed by atoms with van der Waals surface area (Å²) in [6, 6.07) is 17.3. The minimum atomic E-state index is -0.322. The van der Waals surface area contributed by atoms with Crippen LogP contribution < -0.4 is 5.32 Å². The molecule has 1 aliphatic heterocycles. The van der Waals surface area contributed by atoms with Crippen LogP contribution in [0.15, 0.2) is 60.8 Å². The van der Waals surface area contributed by atoms with Crippen molar-refractivity contribution in [1.82, 2.24) is 9.88 Å². The first-order chi connectivity index (χ1) is 14.0. The topological polar surface area (TPSA) is 62.3 Å². The molecule has 0 atom stereocenters. The van der Waals surface area contributed by atoms with Crippen LogP contribution in [-0.4, -0.2) is 28.2 Å². The van der Waals surface area contributed by atoms with Crippen molar-refractivity contribution in [3.63, 3.8) is 0 Å². The minimum absolute atomic E-state index is 0.0808. The van der Waals surface area contributed by atoms with Crippen molar-refractivity contribution in [1.29, 1.82) is 0 Å². The van der Waals surface area contributed by atoms with Crippen LogP contribution in [0.3, 0.4) is 0 Å². The van der Waals surface area contributed by atoms with Gasteiger partial charge >= 0.3 is 0 Å². The molecule has 4 rings (SSSR count). The SMILES string of the molecule is Cc1ccc(C)c(NC(=O)c2cc(C(=O)N3CCc4ccccc4C3)ccn2)c1. The number of hydrogen-bond acceptors (Lipinski definition) is 3. The van der Waals surface area contributed by atoms with Gasteiger partial charge in [0.2, 0.25) is 0 Å². The Labute approximate surface area is 170 Å². The van der Waals surface area contributed by atoms with Gasteiger partial charge in [0.25, 0.3) is 11.8 Å². The lowest BCUT2D eigenvalue weighted by molar-refractivity contribution is 0.0734. The summed E-state index contributed by atoms with van der Waals surface area (Å²) in [5, 5.41) is 2.90. The molecule has 1 N–H and O–H groups in total. The number of benzene rings is 2. The minimum Gasteiger partial charge on any atom is -0.334 e. The molecule has 2 amide bonds. The van der Waals surface area contributed by atoms with Crippen molar-refractivity contribution < 1.29 is 9.59 Å². The van der Waals surface area contributed by atoms with Crippen LogP contribution in [-0.2, 0) is 13.0 Å². The van der Waals surface area contributed by atoms with Gasteiger partial charge in [-0.2, -0.15) is 0 Å². The molecule has 0 radical (unpaired) electrons. The molecule has 29 heavy (non-hydrogen) atoms.